The molecule has 0 saturated heterocycles. The van der Waals surface area contributed by atoms with Crippen molar-refractivity contribution in [3.8, 4) is 23.0 Å². The van der Waals surface area contributed by atoms with E-state index in [1.54, 1.807) is 37.0 Å². The Morgan fingerprint density at radius 3 is 2.67 bits per heavy atom. The highest BCUT2D eigenvalue weighted by Crippen LogP contribution is 2.27. The van der Waals surface area contributed by atoms with Crippen LogP contribution in [0.3, 0.4) is 0 Å². The lowest BCUT2D eigenvalue weighted by molar-refractivity contribution is 0.398. The van der Waals surface area contributed by atoms with Crippen LogP contribution in [0.5, 0.6) is 5.88 Å². The minimum absolute atomic E-state index is 0.547. The van der Waals surface area contributed by atoms with Gasteiger partial charge in [-0.2, -0.15) is 11.3 Å². The van der Waals surface area contributed by atoms with Crippen LogP contribution < -0.4 is 10.1 Å². The van der Waals surface area contributed by atoms with Gasteiger partial charge >= 0.3 is 0 Å². The maximum atomic E-state index is 5.17. The molecule has 0 unspecified atom stereocenters. The summed E-state index contributed by atoms with van der Waals surface area (Å²) in [6, 6.07) is 15.9. The lowest BCUT2D eigenvalue weighted by atomic mass is 10.2. The topological polar surface area (TPSA) is 77.8 Å². The minimum atomic E-state index is 0.547. The fraction of sp³-hybridized carbons (Fsp3) is 0.0909. The predicted octanol–water partition coefficient (Wildman–Crippen LogP) is 4.56. The standard InChI is InChI=1S/C22H18N6OS/c1-29-18-8-7-16(12-23-18)20-26-21(24-11-15-5-3-2-4-6-15)19-22(27-20)28(14-25-19)17-9-10-30-13-17/h2-10,12-14H,11H2,1H3,(H,24,26,27). The van der Waals surface area contributed by atoms with E-state index in [0.29, 0.717) is 24.1 Å². The number of hydrogen-bond acceptors (Lipinski definition) is 7. The van der Waals surface area contributed by atoms with Gasteiger partial charge in [-0.05, 0) is 23.1 Å². The van der Waals surface area contributed by atoms with E-state index >= 15 is 0 Å². The summed E-state index contributed by atoms with van der Waals surface area (Å²) in [6.45, 7) is 0.637. The Labute approximate surface area is 177 Å². The summed E-state index contributed by atoms with van der Waals surface area (Å²) >= 11 is 1.63. The highest BCUT2D eigenvalue weighted by Gasteiger charge is 2.16. The summed E-state index contributed by atoms with van der Waals surface area (Å²) in [5.74, 6) is 1.81. The molecule has 0 spiro atoms. The van der Waals surface area contributed by atoms with Gasteiger partial charge in [-0.25, -0.2) is 19.9 Å². The number of anilines is 1. The zero-order valence-corrected chi connectivity index (χ0v) is 17.0. The van der Waals surface area contributed by atoms with Gasteiger partial charge in [0.2, 0.25) is 5.88 Å². The number of fused-ring (bicyclic) bond motifs is 1. The van der Waals surface area contributed by atoms with Gasteiger partial charge in [-0.3, -0.25) is 4.57 Å². The normalized spacial score (nSPS) is 11.0. The van der Waals surface area contributed by atoms with Gasteiger partial charge in [0, 0.05) is 29.8 Å². The zero-order valence-electron chi connectivity index (χ0n) is 16.2. The first-order valence-electron chi connectivity index (χ1n) is 9.38. The molecule has 7 nitrogen and oxygen atoms in total. The van der Waals surface area contributed by atoms with Crippen LogP contribution in [0.2, 0.25) is 0 Å². The number of hydrogen-bond donors (Lipinski definition) is 1. The van der Waals surface area contributed by atoms with Crippen molar-refractivity contribution in [3.05, 3.63) is 77.4 Å². The molecular weight excluding hydrogens is 396 g/mol. The maximum absolute atomic E-state index is 5.17. The van der Waals surface area contributed by atoms with Gasteiger partial charge in [0.05, 0.1) is 12.8 Å². The molecule has 1 aromatic carbocycles. The minimum Gasteiger partial charge on any atom is -0.481 e. The molecule has 5 aromatic rings. The molecule has 0 fully saturated rings. The number of nitrogens with one attached hydrogen (secondary N) is 1. The number of ether oxygens (including phenoxy) is 1. The van der Waals surface area contributed by atoms with Crippen LogP contribution >= 0.6 is 11.3 Å². The number of aromatic nitrogens is 5. The van der Waals surface area contributed by atoms with Crippen molar-refractivity contribution < 1.29 is 4.74 Å². The van der Waals surface area contributed by atoms with Gasteiger partial charge in [-0.1, -0.05) is 30.3 Å². The van der Waals surface area contributed by atoms with Crippen LogP contribution in [-0.2, 0) is 6.54 Å². The molecule has 0 aliphatic carbocycles. The molecule has 1 N–H and O–H groups in total. The van der Waals surface area contributed by atoms with Crippen molar-refractivity contribution in [2.45, 2.75) is 6.54 Å². The molecule has 30 heavy (non-hydrogen) atoms. The summed E-state index contributed by atoms with van der Waals surface area (Å²) < 4.78 is 7.14. The Hall–Kier alpha value is -3.78. The molecule has 0 radical (unpaired) electrons. The van der Waals surface area contributed by atoms with Crippen LogP contribution in [0.1, 0.15) is 5.56 Å². The van der Waals surface area contributed by atoms with E-state index in [9.17, 15) is 0 Å². The molecule has 0 aliphatic rings. The lowest BCUT2D eigenvalue weighted by Crippen LogP contribution is -2.05. The summed E-state index contributed by atoms with van der Waals surface area (Å²) in [7, 11) is 1.59. The van der Waals surface area contributed by atoms with Gasteiger partial charge in [0.15, 0.2) is 22.8 Å². The molecule has 0 aliphatic heterocycles. The Kier molecular flexibility index (Phi) is 4.82. The maximum Gasteiger partial charge on any atom is 0.212 e. The van der Waals surface area contributed by atoms with Crippen molar-refractivity contribution in [2.24, 2.45) is 0 Å². The van der Waals surface area contributed by atoms with E-state index < -0.39 is 0 Å². The molecule has 5 rings (SSSR count). The molecule has 148 valence electrons. The molecule has 4 heterocycles. The number of nitrogens with zero attached hydrogens (tertiary/aromatic N) is 5. The molecular formula is C22H18N6OS. The summed E-state index contributed by atoms with van der Waals surface area (Å²) in [5, 5.41) is 7.52. The van der Waals surface area contributed by atoms with E-state index in [2.05, 4.69) is 32.8 Å². The molecule has 8 heteroatoms. The SMILES string of the molecule is COc1ccc(-c2nc(NCc3ccccc3)c3ncn(-c4ccsc4)c3n2)cn1. The Bertz CT molecular complexity index is 1270. The third kappa shape index (κ3) is 3.48. The Balaban J connectivity index is 1.61. The summed E-state index contributed by atoms with van der Waals surface area (Å²) in [6.07, 6.45) is 3.50. The van der Waals surface area contributed by atoms with E-state index in [-0.39, 0.29) is 0 Å². The summed E-state index contributed by atoms with van der Waals surface area (Å²) in [5.41, 5.74) is 4.45. The fourth-order valence-electron chi connectivity index (χ4n) is 3.15. The molecule has 0 bridgehead atoms. The Morgan fingerprint density at radius 1 is 1.03 bits per heavy atom. The van der Waals surface area contributed by atoms with Crippen LogP contribution in [0, 0.1) is 0 Å². The van der Waals surface area contributed by atoms with Crippen molar-refractivity contribution in [2.75, 3.05) is 12.4 Å². The average molecular weight is 414 g/mol. The lowest BCUT2D eigenvalue weighted by Gasteiger charge is -2.10. The second-order valence-electron chi connectivity index (χ2n) is 6.59. The number of methoxy groups -OCH3 is 1. The number of thiophene rings is 1. The molecule has 0 amide bonds. The summed E-state index contributed by atoms with van der Waals surface area (Å²) in [4.78, 5) is 18.5. The van der Waals surface area contributed by atoms with Crippen LogP contribution in [-0.4, -0.2) is 31.6 Å². The molecule has 4 aromatic heterocycles. The first-order chi connectivity index (χ1) is 14.8. The highest BCUT2D eigenvalue weighted by molar-refractivity contribution is 7.08. The number of imidazole rings is 1. The van der Waals surface area contributed by atoms with Gasteiger partial charge in [-0.15, -0.1) is 0 Å². The second kappa shape index (κ2) is 7.92. The van der Waals surface area contributed by atoms with Gasteiger partial charge < -0.3 is 10.1 Å². The van der Waals surface area contributed by atoms with Gasteiger partial charge in [0.1, 0.15) is 6.33 Å². The van der Waals surface area contributed by atoms with E-state index in [1.165, 1.54) is 0 Å². The van der Waals surface area contributed by atoms with Crippen molar-refractivity contribution in [1.29, 1.82) is 0 Å². The first kappa shape index (κ1) is 18.3. The smallest absolute Gasteiger partial charge is 0.212 e. The molecule has 0 atom stereocenters. The van der Waals surface area contributed by atoms with Crippen molar-refractivity contribution in [1.82, 2.24) is 24.5 Å². The van der Waals surface area contributed by atoms with Gasteiger partial charge in [0.25, 0.3) is 0 Å². The average Bonchev–Trinajstić information content (AvgIpc) is 3.48. The third-order valence-electron chi connectivity index (χ3n) is 4.69. The largest absolute Gasteiger partial charge is 0.481 e. The van der Waals surface area contributed by atoms with E-state index in [0.717, 1.165) is 28.0 Å². The number of rotatable bonds is 6. The van der Waals surface area contributed by atoms with Crippen LogP contribution in [0.4, 0.5) is 5.82 Å². The van der Waals surface area contributed by atoms with Crippen LogP contribution in [0.15, 0.2) is 71.8 Å². The van der Waals surface area contributed by atoms with E-state index in [4.69, 9.17) is 14.7 Å². The highest BCUT2D eigenvalue weighted by atomic mass is 32.1. The fourth-order valence-corrected chi connectivity index (χ4v) is 3.78. The molecule has 0 saturated carbocycles. The quantitative estimate of drug-likeness (QED) is 0.439. The third-order valence-corrected chi connectivity index (χ3v) is 5.36. The van der Waals surface area contributed by atoms with Crippen LogP contribution in [0.25, 0.3) is 28.2 Å². The second-order valence-corrected chi connectivity index (χ2v) is 7.37. The van der Waals surface area contributed by atoms with Crippen molar-refractivity contribution >= 4 is 28.3 Å². The monoisotopic (exact) mass is 414 g/mol. The number of pyridine rings is 1. The van der Waals surface area contributed by atoms with E-state index in [1.807, 2.05) is 40.3 Å². The Morgan fingerprint density at radius 2 is 1.93 bits per heavy atom. The zero-order chi connectivity index (χ0) is 20.3. The first-order valence-corrected chi connectivity index (χ1v) is 10.3. The van der Waals surface area contributed by atoms with Crippen molar-refractivity contribution in [3.63, 3.8) is 0 Å². The number of benzene rings is 1. The predicted molar refractivity (Wildman–Crippen MR) is 118 cm³/mol.